The number of rotatable bonds is 31. The number of ketones is 1. The van der Waals surface area contributed by atoms with Gasteiger partial charge in [0, 0.05) is 44.8 Å². The Hall–Kier alpha value is -2.82. The fourth-order valence-corrected chi connectivity index (χ4v) is 8.68. The van der Waals surface area contributed by atoms with Crippen molar-refractivity contribution in [1.29, 1.82) is 0 Å². The second-order valence-corrected chi connectivity index (χ2v) is 16.5. The van der Waals surface area contributed by atoms with Crippen LogP contribution in [0.1, 0.15) is 161 Å². The van der Waals surface area contributed by atoms with Gasteiger partial charge in [-0.05, 0) is 133 Å². The first-order valence-corrected chi connectivity index (χ1v) is 22.6. The lowest BCUT2D eigenvalue weighted by atomic mass is 9.70. The van der Waals surface area contributed by atoms with E-state index in [4.69, 9.17) is 28.4 Å². The minimum absolute atomic E-state index is 0.0113. The van der Waals surface area contributed by atoms with Crippen molar-refractivity contribution in [1.82, 2.24) is 0 Å². The molecule has 0 radical (unpaired) electrons. The van der Waals surface area contributed by atoms with E-state index in [0.29, 0.717) is 51.3 Å². The summed E-state index contributed by atoms with van der Waals surface area (Å²) >= 11 is 0. The largest absolute Gasteiger partial charge is 0.463 e. The molecule has 0 heterocycles. The first-order chi connectivity index (χ1) is 27.8. The first kappa shape index (κ1) is 48.5. The minimum Gasteiger partial charge on any atom is -0.463 e. The summed E-state index contributed by atoms with van der Waals surface area (Å²) in [4.78, 5) is 47.2. The monoisotopic (exact) mass is 801 g/mol. The van der Waals surface area contributed by atoms with Gasteiger partial charge in [-0.1, -0.05) is 51.8 Å². The fourth-order valence-electron chi connectivity index (χ4n) is 8.68. The number of ether oxygens (including phenoxy) is 6. The van der Waals surface area contributed by atoms with Crippen LogP contribution in [0.25, 0.3) is 0 Å². The van der Waals surface area contributed by atoms with Gasteiger partial charge in [0.25, 0.3) is 0 Å². The van der Waals surface area contributed by atoms with Crippen molar-refractivity contribution in [3.63, 3.8) is 0 Å². The predicted octanol–water partition coefficient (Wildman–Crippen LogP) is 9.91. The predicted molar refractivity (Wildman–Crippen MR) is 223 cm³/mol. The molecule has 3 aliphatic carbocycles. The van der Waals surface area contributed by atoms with Crippen LogP contribution < -0.4 is 0 Å². The molecule has 10 nitrogen and oxygen atoms in total. The lowest BCUT2D eigenvalue weighted by Gasteiger charge is -2.38. The SMILES string of the molecule is C=CC(=O)CCCCCCCOC1CCC(C2CCC(C(=O)OC3CCC(OCCCCCCOC(=O)C=C)C(OCCCCCCOC(=O)C=C)C3)CC2)CC1. The molecule has 3 rings (SSSR count). The second-order valence-electron chi connectivity index (χ2n) is 16.5. The molecule has 0 N–H and O–H groups in total. The molecule has 3 saturated carbocycles. The standard InChI is InChI=1S/C47H76O10/c1-4-40(48)20-14-8-7-9-15-31-52-41-27-25-38(26-28-41)37-21-23-39(24-22-37)47(51)57-42-29-30-43(53-32-16-10-12-18-34-55-45(49)5-2)44(36-42)54-33-17-11-13-19-35-56-46(50)6-3/h4-6,37-39,41-44H,1-3,7-36H2. The Bertz CT molecular complexity index is 1170. The Morgan fingerprint density at radius 3 is 1.46 bits per heavy atom. The Balaban J connectivity index is 1.32. The highest BCUT2D eigenvalue weighted by Crippen LogP contribution is 2.41. The van der Waals surface area contributed by atoms with Gasteiger partial charge in [0.15, 0.2) is 5.78 Å². The summed E-state index contributed by atoms with van der Waals surface area (Å²) in [6, 6.07) is 0. The normalized spacial score (nSPS) is 24.9. The lowest BCUT2D eigenvalue weighted by molar-refractivity contribution is -0.167. The van der Waals surface area contributed by atoms with Gasteiger partial charge in [0.2, 0.25) is 0 Å². The van der Waals surface area contributed by atoms with Crippen LogP contribution in [0.3, 0.4) is 0 Å². The molecule has 3 fully saturated rings. The zero-order chi connectivity index (χ0) is 40.9. The van der Waals surface area contributed by atoms with Gasteiger partial charge in [-0.3, -0.25) is 9.59 Å². The highest BCUT2D eigenvalue weighted by molar-refractivity contribution is 5.88. The molecule has 0 amide bonds. The number of carbonyl (C=O) groups is 4. The second kappa shape index (κ2) is 30.3. The number of allylic oxidation sites excluding steroid dienone is 1. The van der Waals surface area contributed by atoms with Crippen molar-refractivity contribution >= 4 is 23.7 Å². The van der Waals surface area contributed by atoms with E-state index in [-0.39, 0.29) is 47.9 Å². The van der Waals surface area contributed by atoms with Crippen LogP contribution in [-0.4, -0.2) is 81.1 Å². The summed E-state index contributed by atoms with van der Waals surface area (Å²) in [7, 11) is 0. The summed E-state index contributed by atoms with van der Waals surface area (Å²) in [5.41, 5.74) is 0. The van der Waals surface area contributed by atoms with Crippen LogP contribution in [0.15, 0.2) is 38.0 Å². The molecule has 0 spiro atoms. The molecular weight excluding hydrogens is 725 g/mol. The summed E-state index contributed by atoms with van der Waals surface area (Å²) in [6.07, 6.45) is 28.4. The zero-order valence-electron chi connectivity index (χ0n) is 35.2. The fraction of sp³-hybridized carbons (Fsp3) is 0.787. The van der Waals surface area contributed by atoms with Crippen molar-refractivity contribution in [2.24, 2.45) is 17.8 Å². The van der Waals surface area contributed by atoms with Crippen LogP contribution in [0, 0.1) is 17.8 Å². The van der Waals surface area contributed by atoms with E-state index in [9.17, 15) is 19.2 Å². The topological polar surface area (TPSA) is 124 Å². The van der Waals surface area contributed by atoms with Gasteiger partial charge in [0.05, 0.1) is 37.4 Å². The molecule has 10 heteroatoms. The van der Waals surface area contributed by atoms with E-state index in [0.717, 1.165) is 147 Å². The Labute approximate surface area is 344 Å². The van der Waals surface area contributed by atoms with E-state index in [1.807, 2.05) is 0 Å². The van der Waals surface area contributed by atoms with Crippen molar-refractivity contribution < 1.29 is 47.6 Å². The van der Waals surface area contributed by atoms with E-state index in [1.165, 1.54) is 31.1 Å². The molecule has 0 aromatic rings. The first-order valence-electron chi connectivity index (χ1n) is 22.6. The average molecular weight is 801 g/mol. The summed E-state index contributed by atoms with van der Waals surface area (Å²) in [5.74, 6) is 0.776. The van der Waals surface area contributed by atoms with E-state index < -0.39 is 0 Å². The van der Waals surface area contributed by atoms with Crippen molar-refractivity contribution in [3.8, 4) is 0 Å². The van der Waals surface area contributed by atoms with Crippen molar-refractivity contribution in [3.05, 3.63) is 38.0 Å². The van der Waals surface area contributed by atoms with Gasteiger partial charge in [-0.25, -0.2) is 9.59 Å². The molecular formula is C47H76O10. The Morgan fingerprint density at radius 1 is 0.456 bits per heavy atom. The molecule has 3 atom stereocenters. The van der Waals surface area contributed by atoms with E-state index >= 15 is 0 Å². The van der Waals surface area contributed by atoms with E-state index in [1.54, 1.807) is 0 Å². The van der Waals surface area contributed by atoms with Gasteiger partial charge in [-0.2, -0.15) is 0 Å². The third kappa shape index (κ3) is 21.1. The average Bonchev–Trinajstić information content (AvgIpc) is 3.24. The Kier molecular flexibility index (Phi) is 25.8. The third-order valence-electron chi connectivity index (χ3n) is 12.2. The molecule has 0 saturated heterocycles. The lowest BCUT2D eigenvalue weighted by Crippen LogP contribution is -2.42. The van der Waals surface area contributed by atoms with Crippen LogP contribution in [0.2, 0.25) is 0 Å². The molecule has 3 unspecified atom stereocenters. The summed E-state index contributed by atoms with van der Waals surface area (Å²) < 4.78 is 35.3. The molecule has 0 aliphatic heterocycles. The van der Waals surface area contributed by atoms with Gasteiger partial charge in [0.1, 0.15) is 6.10 Å². The number of unbranched alkanes of at least 4 members (excludes halogenated alkanes) is 10. The highest BCUT2D eigenvalue weighted by atomic mass is 16.6. The summed E-state index contributed by atoms with van der Waals surface area (Å²) in [6.45, 7) is 13.3. The molecule has 324 valence electrons. The molecule has 0 aromatic carbocycles. The maximum absolute atomic E-state index is 13.4. The van der Waals surface area contributed by atoms with Crippen LogP contribution in [0.5, 0.6) is 0 Å². The van der Waals surface area contributed by atoms with Crippen LogP contribution in [-0.2, 0) is 47.6 Å². The molecule has 3 aliphatic rings. The van der Waals surface area contributed by atoms with Crippen LogP contribution in [0.4, 0.5) is 0 Å². The van der Waals surface area contributed by atoms with Gasteiger partial charge in [-0.15, -0.1) is 0 Å². The number of carbonyl (C=O) groups excluding carboxylic acids is 4. The zero-order valence-corrected chi connectivity index (χ0v) is 35.2. The van der Waals surface area contributed by atoms with Crippen LogP contribution >= 0.6 is 0 Å². The molecule has 0 bridgehead atoms. The van der Waals surface area contributed by atoms with Gasteiger partial charge >= 0.3 is 17.9 Å². The van der Waals surface area contributed by atoms with E-state index in [2.05, 4.69) is 19.7 Å². The summed E-state index contributed by atoms with van der Waals surface area (Å²) in [5, 5.41) is 0. The number of esters is 3. The maximum Gasteiger partial charge on any atom is 0.330 e. The number of hydrogen-bond donors (Lipinski definition) is 0. The van der Waals surface area contributed by atoms with Crippen molar-refractivity contribution in [2.45, 2.75) is 185 Å². The van der Waals surface area contributed by atoms with Gasteiger partial charge < -0.3 is 28.4 Å². The van der Waals surface area contributed by atoms with Crippen molar-refractivity contribution in [2.75, 3.05) is 33.0 Å². The number of hydrogen-bond acceptors (Lipinski definition) is 10. The molecule has 0 aromatic heterocycles. The smallest absolute Gasteiger partial charge is 0.330 e. The maximum atomic E-state index is 13.4. The minimum atomic E-state index is -0.385. The third-order valence-corrected chi connectivity index (χ3v) is 12.2. The highest BCUT2D eigenvalue weighted by Gasteiger charge is 2.37. The Morgan fingerprint density at radius 2 is 0.912 bits per heavy atom. The molecule has 57 heavy (non-hydrogen) atoms. The quantitative estimate of drug-likeness (QED) is 0.0290.